The fraction of sp³-hybridized carbons (Fsp3) is 0.318. The van der Waals surface area contributed by atoms with Crippen LogP contribution in [0.4, 0.5) is 0 Å². The Balaban J connectivity index is 1.70. The molecule has 0 aromatic heterocycles. The Morgan fingerprint density at radius 1 is 0.933 bits per heavy atom. The van der Waals surface area contributed by atoms with Crippen molar-refractivity contribution >= 4 is 61.2 Å². The molecule has 0 N–H and O–H groups in total. The summed E-state index contributed by atoms with van der Waals surface area (Å²) in [5.41, 5.74) is 1.19. The number of imide groups is 1. The Kier molecular flexibility index (Phi) is 6.32. The third-order valence-electron chi connectivity index (χ3n) is 5.63. The normalized spacial score (nSPS) is 25.9. The first kappa shape index (κ1) is 21.5. The number of amides is 3. The summed E-state index contributed by atoms with van der Waals surface area (Å²) in [6.45, 7) is 0.120. The molecule has 1 heterocycles. The Bertz CT molecular complexity index is 942. The lowest BCUT2D eigenvalue weighted by Gasteiger charge is -2.30. The highest BCUT2D eigenvalue weighted by Gasteiger charge is 2.54. The molecule has 1 saturated heterocycles. The number of nitrogens with zero attached hydrogens (tertiary/aromatic N) is 2. The zero-order valence-electron chi connectivity index (χ0n) is 15.9. The number of hydrazine groups is 1. The lowest BCUT2D eigenvalue weighted by atomic mass is 9.81. The van der Waals surface area contributed by atoms with Crippen molar-refractivity contribution in [1.82, 2.24) is 10.0 Å². The fourth-order valence-electron chi connectivity index (χ4n) is 4.05. The van der Waals surface area contributed by atoms with Crippen LogP contribution in [0.3, 0.4) is 0 Å². The summed E-state index contributed by atoms with van der Waals surface area (Å²) in [5.74, 6) is -1.89. The van der Waals surface area contributed by atoms with Crippen molar-refractivity contribution in [2.75, 3.05) is 0 Å². The number of carbonyl (C=O) groups excluding carboxylic acids is 3. The quantitative estimate of drug-likeness (QED) is 0.402. The van der Waals surface area contributed by atoms with Crippen molar-refractivity contribution in [3.63, 3.8) is 0 Å². The minimum atomic E-state index is -0.424. The van der Waals surface area contributed by atoms with Gasteiger partial charge in [0.25, 0.3) is 17.7 Å². The minimum Gasteiger partial charge on any atom is -0.272 e. The molecule has 0 unspecified atom stereocenters. The average molecular weight is 555 g/mol. The van der Waals surface area contributed by atoms with Crippen molar-refractivity contribution in [3.8, 4) is 0 Å². The van der Waals surface area contributed by atoms with Gasteiger partial charge < -0.3 is 0 Å². The van der Waals surface area contributed by atoms with E-state index in [9.17, 15) is 14.4 Å². The zero-order chi connectivity index (χ0) is 21.4. The number of carbonyl (C=O) groups is 3. The van der Waals surface area contributed by atoms with Crippen molar-refractivity contribution in [2.45, 2.75) is 29.0 Å². The summed E-state index contributed by atoms with van der Waals surface area (Å²) in [6, 6.07) is 15.8. The van der Waals surface area contributed by atoms with Gasteiger partial charge in [-0.1, -0.05) is 73.8 Å². The van der Waals surface area contributed by atoms with Crippen LogP contribution >= 0.6 is 43.5 Å². The second kappa shape index (κ2) is 8.81. The van der Waals surface area contributed by atoms with Gasteiger partial charge in [0.05, 0.1) is 18.4 Å². The van der Waals surface area contributed by atoms with Gasteiger partial charge in [-0.25, -0.2) is 5.01 Å². The lowest BCUT2D eigenvalue weighted by molar-refractivity contribution is -0.155. The molecule has 3 amide bonds. The van der Waals surface area contributed by atoms with Crippen LogP contribution in [0.25, 0.3) is 0 Å². The number of fused-ring (bicyclic) bond motifs is 1. The molecule has 5 nitrogen and oxygen atoms in total. The summed E-state index contributed by atoms with van der Waals surface area (Å²) in [5, 5.41) is 2.85. The number of benzene rings is 2. The van der Waals surface area contributed by atoms with Crippen molar-refractivity contribution in [2.24, 2.45) is 11.8 Å². The Hall–Kier alpha value is -1.70. The van der Waals surface area contributed by atoms with Gasteiger partial charge in [-0.2, -0.15) is 5.01 Å². The fourth-order valence-corrected chi connectivity index (χ4v) is 5.41. The maximum absolute atomic E-state index is 13.4. The smallest absolute Gasteiger partial charge is 0.272 e. The van der Waals surface area contributed by atoms with Crippen LogP contribution in [0.1, 0.15) is 28.8 Å². The monoisotopic (exact) mass is 552 g/mol. The molecule has 1 aliphatic heterocycles. The molecule has 4 atom stereocenters. The maximum atomic E-state index is 13.4. The van der Waals surface area contributed by atoms with Crippen LogP contribution < -0.4 is 0 Å². The molecule has 1 saturated carbocycles. The second-order valence-corrected chi connectivity index (χ2v) is 10.3. The average Bonchev–Trinajstić information content (AvgIpc) is 2.97. The lowest BCUT2D eigenvalue weighted by Crippen LogP contribution is -2.49. The Labute approximate surface area is 196 Å². The molecule has 2 fully saturated rings. The summed E-state index contributed by atoms with van der Waals surface area (Å²) in [4.78, 5) is 40.2. The SMILES string of the molecule is O=C(c1ccc(Cl)cc1)N(Cc1ccccc1)N1C(=O)[C@@H]2C[C@H](Br)[C@@H](Br)C[C@H]2C1=O. The van der Waals surface area contributed by atoms with E-state index in [0.29, 0.717) is 23.4 Å². The molecule has 2 aromatic carbocycles. The van der Waals surface area contributed by atoms with E-state index < -0.39 is 17.7 Å². The predicted octanol–water partition coefficient (Wildman–Crippen LogP) is 4.82. The van der Waals surface area contributed by atoms with Gasteiger partial charge in [-0.15, -0.1) is 0 Å². The summed E-state index contributed by atoms with van der Waals surface area (Å²) >= 11 is 13.2. The van der Waals surface area contributed by atoms with Crippen molar-refractivity contribution < 1.29 is 14.4 Å². The van der Waals surface area contributed by atoms with Crippen LogP contribution in [-0.2, 0) is 16.1 Å². The molecular weight excluding hydrogens is 536 g/mol. The highest BCUT2D eigenvalue weighted by atomic mass is 79.9. The predicted molar refractivity (Wildman–Crippen MR) is 121 cm³/mol. The highest BCUT2D eigenvalue weighted by molar-refractivity contribution is 9.12. The van der Waals surface area contributed by atoms with Crippen molar-refractivity contribution in [3.05, 3.63) is 70.7 Å². The van der Waals surface area contributed by atoms with Gasteiger partial charge in [-0.3, -0.25) is 14.4 Å². The molecule has 8 heteroatoms. The van der Waals surface area contributed by atoms with Crippen LogP contribution in [0.2, 0.25) is 5.02 Å². The molecule has 0 radical (unpaired) electrons. The zero-order valence-corrected chi connectivity index (χ0v) is 19.8. The first-order valence-corrected chi connectivity index (χ1v) is 11.8. The van der Waals surface area contributed by atoms with E-state index in [2.05, 4.69) is 31.9 Å². The summed E-state index contributed by atoms with van der Waals surface area (Å²) in [6.07, 6.45) is 1.10. The highest BCUT2D eigenvalue weighted by Crippen LogP contribution is 2.43. The Morgan fingerprint density at radius 3 is 2.00 bits per heavy atom. The van der Waals surface area contributed by atoms with Gasteiger partial charge >= 0.3 is 0 Å². The molecule has 4 rings (SSSR count). The molecule has 0 spiro atoms. The molecule has 2 aromatic rings. The molecule has 30 heavy (non-hydrogen) atoms. The minimum absolute atomic E-state index is 0.102. The number of rotatable bonds is 4. The first-order chi connectivity index (χ1) is 14.4. The maximum Gasteiger partial charge on any atom is 0.273 e. The van der Waals surface area contributed by atoms with E-state index in [4.69, 9.17) is 11.6 Å². The van der Waals surface area contributed by atoms with E-state index in [0.717, 1.165) is 10.6 Å². The number of halogens is 3. The van der Waals surface area contributed by atoms with Crippen LogP contribution in [0.15, 0.2) is 54.6 Å². The van der Waals surface area contributed by atoms with Gasteiger partial charge in [0.2, 0.25) is 0 Å². The summed E-state index contributed by atoms with van der Waals surface area (Å²) < 4.78 is 0. The molecular formula is C22H19Br2ClN2O3. The van der Waals surface area contributed by atoms with Gasteiger partial charge in [0.15, 0.2) is 0 Å². The van der Waals surface area contributed by atoms with E-state index >= 15 is 0 Å². The van der Waals surface area contributed by atoms with E-state index in [1.807, 2.05) is 30.3 Å². The molecule has 1 aliphatic carbocycles. The van der Waals surface area contributed by atoms with Gasteiger partial charge in [-0.05, 0) is 42.7 Å². The van der Waals surface area contributed by atoms with E-state index in [1.165, 1.54) is 5.01 Å². The van der Waals surface area contributed by atoms with Crippen LogP contribution in [0, 0.1) is 11.8 Å². The number of hydrogen-bond acceptors (Lipinski definition) is 3. The molecule has 2 aliphatic rings. The van der Waals surface area contributed by atoms with Crippen molar-refractivity contribution in [1.29, 1.82) is 0 Å². The molecule has 0 bridgehead atoms. The standard InChI is InChI=1S/C22H19Br2ClN2O3/c23-18-10-16-17(11-19(18)24)22(30)27(21(16)29)26(12-13-4-2-1-3-5-13)20(28)14-6-8-15(25)9-7-14/h1-9,16-19H,10-12H2/t16-,17-,18+,19+/m1/s1. The first-order valence-electron chi connectivity index (χ1n) is 9.64. The third-order valence-corrected chi connectivity index (χ3v) is 8.62. The van der Waals surface area contributed by atoms with E-state index in [1.54, 1.807) is 24.3 Å². The third kappa shape index (κ3) is 4.07. The van der Waals surface area contributed by atoms with Gasteiger partial charge in [0, 0.05) is 20.2 Å². The Morgan fingerprint density at radius 2 is 1.47 bits per heavy atom. The second-order valence-electron chi connectivity index (χ2n) is 7.56. The topological polar surface area (TPSA) is 57.7 Å². The summed E-state index contributed by atoms with van der Waals surface area (Å²) in [7, 11) is 0. The largest absolute Gasteiger partial charge is 0.273 e. The number of alkyl halides is 2. The number of hydrogen-bond donors (Lipinski definition) is 0. The van der Waals surface area contributed by atoms with Gasteiger partial charge in [0.1, 0.15) is 0 Å². The van der Waals surface area contributed by atoms with Crippen LogP contribution in [-0.4, -0.2) is 37.4 Å². The van der Waals surface area contributed by atoms with E-state index in [-0.39, 0.29) is 28.0 Å². The van der Waals surface area contributed by atoms with Crippen LogP contribution in [0.5, 0.6) is 0 Å². The molecule has 156 valence electrons.